The van der Waals surface area contributed by atoms with E-state index in [0.717, 1.165) is 22.7 Å². The summed E-state index contributed by atoms with van der Waals surface area (Å²) in [6.07, 6.45) is 4.46. The highest BCUT2D eigenvalue weighted by Crippen LogP contribution is 2.51. The molecule has 8 rings (SSSR count). The van der Waals surface area contributed by atoms with E-state index in [1.54, 1.807) is 0 Å². The van der Waals surface area contributed by atoms with Crippen LogP contribution < -0.4 is 9.80 Å². The van der Waals surface area contributed by atoms with E-state index in [-0.39, 0.29) is 5.41 Å². The van der Waals surface area contributed by atoms with Gasteiger partial charge in [-0.25, -0.2) is 0 Å². The summed E-state index contributed by atoms with van der Waals surface area (Å²) in [4.78, 5) is 4.67. The van der Waals surface area contributed by atoms with Gasteiger partial charge in [0.1, 0.15) is 0 Å². The van der Waals surface area contributed by atoms with E-state index >= 15 is 0 Å². The second-order valence-electron chi connectivity index (χ2n) is 14.1. The molecule has 0 aromatic heterocycles. The fourth-order valence-corrected chi connectivity index (χ4v) is 7.42. The second-order valence-corrected chi connectivity index (χ2v) is 14.1. The molecule has 0 atom stereocenters. The Morgan fingerprint density at radius 3 is 1.45 bits per heavy atom. The summed E-state index contributed by atoms with van der Waals surface area (Å²) < 4.78 is 0. The number of hydrogen-bond acceptors (Lipinski definition) is 2. The molecule has 0 radical (unpaired) electrons. The van der Waals surface area contributed by atoms with Gasteiger partial charge in [0.2, 0.25) is 0 Å². The number of fused-ring (bicyclic) bond motifs is 3. The van der Waals surface area contributed by atoms with Crippen molar-refractivity contribution in [3.05, 3.63) is 203 Å². The molecule has 7 aromatic carbocycles. The average Bonchev–Trinajstić information content (AvgIpc) is 3.38. The predicted octanol–water partition coefficient (Wildman–Crippen LogP) is 13.7. The molecule has 2 nitrogen and oxygen atoms in total. The van der Waals surface area contributed by atoms with Crippen LogP contribution in [0.25, 0.3) is 23.3 Å². The topological polar surface area (TPSA) is 6.48 Å². The number of para-hydroxylation sites is 2. The lowest BCUT2D eigenvalue weighted by Gasteiger charge is -2.28. The van der Waals surface area contributed by atoms with Gasteiger partial charge in [-0.1, -0.05) is 129 Å². The Morgan fingerprint density at radius 1 is 0.373 bits per heavy atom. The van der Waals surface area contributed by atoms with Crippen LogP contribution in [0.5, 0.6) is 0 Å². The standard InChI is InChI=1S/C49H42N2/c1-35-18-25-41(26-19-35)51(43-17-11-12-36(2)32-43)44-29-31-46-45-30-24-38(33-47(45)49(3,4)48(46)34-44)21-20-37-22-27-42(28-23-37)50(39-13-7-5-8-14-39)40-15-9-6-10-16-40/h5-34H,1-4H3. The molecule has 0 spiro atoms. The molecule has 0 aliphatic heterocycles. The summed E-state index contributed by atoms with van der Waals surface area (Å²) in [6, 6.07) is 61.4. The summed E-state index contributed by atoms with van der Waals surface area (Å²) in [5, 5.41) is 0. The van der Waals surface area contributed by atoms with Crippen LogP contribution in [0.4, 0.5) is 34.1 Å². The van der Waals surface area contributed by atoms with Gasteiger partial charge >= 0.3 is 0 Å². The van der Waals surface area contributed by atoms with Gasteiger partial charge in [0.15, 0.2) is 0 Å². The van der Waals surface area contributed by atoms with Crippen LogP contribution in [-0.4, -0.2) is 0 Å². The van der Waals surface area contributed by atoms with E-state index < -0.39 is 0 Å². The minimum absolute atomic E-state index is 0.143. The smallest absolute Gasteiger partial charge is 0.0465 e. The van der Waals surface area contributed by atoms with Gasteiger partial charge in [-0.2, -0.15) is 0 Å². The summed E-state index contributed by atoms with van der Waals surface area (Å²) in [6.45, 7) is 9.02. The Morgan fingerprint density at radius 2 is 0.824 bits per heavy atom. The largest absolute Gasteiger partial charge is 0.311 e. The molecular formula is C49H42N2. The number of rotatable bonds is 8. The summed E-state index contributed by atoms with van der Waals surface area (Å²) >= 11 is 0. The molecule has 0 saturated carbocycles. The van der Waals surface area contributed by atoms with Crippen molar-refractivity contribution < 1.29 is 0 Å². The molecule has 1 aliphatic carbocycles. The molecule has 0 N–H and O–H groups in total. The van der Waals surface area contributed by atoms with Crippen LogP contribution in [0, 0.1) is 13.8 Å². The van der Waals surface area contributed by atoms with Crippen LogP contribution in [0.3, 0.4) is 0 Å². The quantitative estimate of drug-likeness (QED) is 0.150. The van der Waals surface area contributed by atoms with Crippen LogP contribution in [0.1, 0.15) is 47.2 Å². The first-order valence-electron chi connectivity index (χ1n) is 17.8. The first-order valence-corrected chi connectivity index (χ1v) is 17.8. The first kappa shape index (κ1) is 32.1. The van der Waals surface area contributed by atoms with Crippen molar-refractivity contribution in [3.63, 3.8) is 0 Å². The van der Waals surface area contributed by atoms with Crippen LogP contribution >= 0.6 is 0 Å². The minimum atomic E-state index is -0.143. The van der Waals surface area contributed by atoms with Crippen LogP contribution in [0.2, 0.25) is 0 Å². The van der Waals surface area contributed by atoms with Gasteiger partial charge in [-0.05, 0) is 126 Å². The van der Waals surface area contributed by atoms with Gasteiger partial charge in [0.25, 0.3) is 0 Å². The molecule has 1 aliphatic rings. The minimum Gasteiger partial charge on any atom is -0.311 e. The molecular weight excluding hydrogens is 617 g/mol. The molecule has 0 saturated heterocycles. The highest BCUT2D eigenvalue weighted by molar-refractivity contribution is 5.87. The molecule has 0 unspecified atom stereocenters. The van der Waals surface area contributed by atoms with E-state index in [1.807, 2.05) is 0 Å². The molecule has 2 heteroatoms. The summed E-state index contributed by atoms with van der Waals surface area (Å²) in [5.41, 5.74) is 17.0. The molecule has 0 amide bonds. The summed E-state index contributed by atoms with van der Waals surface area (Å²) in [7, 11) is 0. The van der Waals surface area contributed by atoms with Crippen molar-refractivity contribution >= 4 is 46.3 Å². The molecule has 0 heterocycles. The SMILES string of the molecule is Cc1ccc(N(c2cccc(C)c2)c2ccc3c(c2)C(C)(C)c2cc(C=Cc4ccc(N(c5ccccc5)c5ccccc5)cc4)ccc2-3)cc1. The lowest BCUT2D eigenvalue weighted by atomic mass is 9.81. The first-order chi connectivity index (χ1) is 24.8. The Balaban J connectivity index is 1.08. The Bertz CT molecular complexity index is 2290. The fourth-order valence-electron chi connectivity index (χ4n) is 7.42. The van der Waals surface area contributed by atoms with Gasteiger partial charge in [0.05, 0.1) is 0 Å². The second kappa shape index (κ2) is 13.3. The maximum Gasteiger partial charge on any atom is 0.0465 e. The van der Waals surface area contributed by atoms with Crippen molar-refractivity contribution in [2.75, 3.05) is 9.80 Å². The molecule has 7 aromatic rings. The number of benzene rings is 7. The highest BCUT2D eigenvalue weighted by Gasteiger charge is 2.36. The van der Waals surface area contributed by atoms with Gasteiger partial charge in [-0.3, -0.25) is 0 Å². The zero-order valence-electron chi connectivity index (χ0n) is 29.7. The van der Waals surface area contributed by atoms with Crippen molar-refractivity contribution in [1.82, 2.24) is 0 Å². The van der Waals surface area contributed by atoms with Crippen molar-refractivity contribution in [1.29, 1.82) is 0 Å². The predicted molar refractivity (Wildman–Crippen MR) is 218 cm³/mol. The maximum atomic E-state index is 2.41. The molecule has 0 fully saturated rings. The van der Waals surface area contributed by atoms with Crippen LogP contribution in [-0.2, 0) is 5.41 Å². The lowest BCUT2D eigenvalue weighted by Crippen LogP contribution is -2.16. The third-order valence-corrected chi connectivity index (χ3v) is 10.1. The van der Waals surface area contributed by atoms with Gasteiger partial charge < -0.3 is 9.80 Å². The van der Waals surface area contributed by atoms with E-state index in [4.69, 9.17) is 0 Å². The Labute approximate surface area is 302 Å². The third kappa shape index (κ3) is 6.26. The highest BCUT2D eigenvalue weighted by atomic mass is 15.1. The van der Waals surface area contributed by atoms with Crippen molar-refractivity contribution in [2.45, 2.75) is 33.1 Å². The van der Waals surface area contributed by atoms with E-state index in [1.165, 1.54) is 55.9 Å². The van der Waals surface area contributed by atoms with Crippen LogP contribution in [0.15, 0.2) is 170 Å². The monoisotopic (exact) mass is 658 g/mol. The third-order valence-electron chi connectivity index (χ3n) is 10.1. The molecule has 51 heavy (non-hydrogen) atoms. The normalized spacial score (nSPS) is 12.8. The Kier molecular flexibility index (Phi) is 8.37. The van der Waals surface area contributed by atoms with E-state index in [2.05, 4.69) is 220 Å². The molecule has 0 bridgehead atoms. The zero-order valence-corrected chi connectivity index (χ0v) is 29.7. The number of hydrogen-bond donors (Lipinski definition) is 0. The molecule has 248 valence electrons. The summed E-state index contributed by atoms with van der Waals surface area (Å²) in [5.74, 6) is 0. The maximum absolute atomic E-state index is 2.41. The zero-order chi connectivity index (χ0) is 35.0. The Hall–Kier alpha value is -6.12. The van der Waals surface area contributed by atoms with Crippen molar-refractivity contribution in [2.24, 2.45) is 0 Å². The van der Waals surface area contributed by atoms with Crippen molar-refractivity contribution in [3.8, 4) is 11.1 Å². The van der Waals surface area contributed by atoms with Gasteiger partial charge in [0, 0.05) is 39.5 Å². The number of aryl methyl sites for hydroxylation is 2. The van der Waals surface area contributed by atoms with E-state index in [0.29, 0.717) is 0 Å². The lowest BCUT2D eigenvalue weighted by molar-refractivity contribution is 0.660. The van der Waals surface area contributed by atoms with E-state index in [9.17, 15) is 0 Å². The number of anilines is 6. The number of nitrogens with zero attached hydrogens (tertiary/aromatic N) is 2. The van der Waals surface area contributed by atoms with Gasteiger partial charge in [-0.15, -0.1) is 0 Å². The fraction of sp³-hybridized carbons (Fsp3) is 0.102. The average molecular weight is 659 g/mol.